The number of hydrogen-bond donors (Lipinski definition) is 0. The van der Waals surface area contributed by atoms with Crippen molar-refractivity contribution in [2.24, 2.45) is 0 Å². The predicted octanol–water partition coefficient (Wildman–Crippen LogP) is 16.2. The smallest absolute Gasteiger partial charge is 0.159 e. The molecule has 11 rings (SSSR count). The number of anilines is 6. The van der Waals surface area contributed by atoms with Crippen LogP contribution in [0.2, 0.25) is 0 Å². The summed E-state index contributed by atoms with van der Waals surface area (Å²) in [5, 5.41) is 2.23. The van der Waals surface area contributed by atoms with Gasteiger partial charge >= 0.3 is 0 Å². The summed E-state index contributed by atoms with van der Waals surface area (Å²) in [5.41, 5.74) is 18.2. The second-order valence-corrected chi connectivity index (χ2v) is 16.2. The molecule has 0 bridgehead atoms. The Morgan fingerprint density at radius 1 is 0.350 bits per heavy atom. The zero-order valence-electron chi connectivity index (χ0n) is 33.6. The van der Waals surface area contributed by atoms with E-state index in [4.69, 9.17) is 4.42 Å². The second-order valence-electron chi connectivity index (χ2n) is 16.2. The molecule has 0 saturated heterocycles. The first-order valence-electron chi connectivity index (χ1n) is 20.7. The highest BCUT2D eigenvalue weighted by Gasteiger charge is 2.35. The molecule has 3 nitrogen and oxygen atoms in total. The van der Waals surface area contributed by atoms with Crippen molar-refractivity contribution < 1.29 is 4.42 Å². The molecule has 0 spiro atoms. The Labute approximate surface area is 351 Å². The summed E-state index contributed by atoms with van der Waals surface area (Å²) >= 11 is 0. The van der Waals surface area contributed by atoms with Crippen molar-refractivity contribution in [2.75, 3.05) is 9.80 Å². The zero-order chi connectivity index (χ0) is 40.2. The summed E-state index contributed by atoms with van der Waals surface area (Å²) in [6.45, 7) is 4.69. The fourth-order valence-electron chi connectivity index (χ4n) is 9.23. The Morgan fingerprint density at radius 2 is 0.833 bits per heavy atom. The quantitative estimate of drug-likeness (QED) is 0.153. The van der Waals surface area contributed by atoms with Gasteiger partial charge in [0.25, 0.3) is 0 Å². The van der Waals surface area contributed by atoms with Crippen LogP contribution in [0.3, 0.4) is 0 Å². The van der Waals surface area contributed by atoms with Gasteiger partial charge in [-0.25, -0.2) is 0 Å². The molecule has 1 aliphatic rings. The van der Waals surface area contributed by atoms with Crippen LogP contribution in [-0.4, -0.2) is 0 Å². The minimum absolute atomic E-state index is 0.102. The number of benzene rings is 9. The third-order valence-corrected chi connectivity index (χ3v) is 12.3. The largest absolute Gasteiger partial charge is 0.454 e. The average molecular weight is 771 g/mol. The van der Waals surface area contributed by atoms with Crippen molar-refractivity contribution in [3.63, 3.8) is 0 Å². The summed E-state index contributed by atoms with van der Waals surface area (Å²) < 4.78 is 6.52. The SMILES string of the molecule is CC1(C)c2ccccc2-c2ccc(N(c3ccc(-c4ccccc4)cc3)c3ccc(-c4ccc(N(c5ccccc5)c5cccc6c5oc5ccccc56)cc4)cc3)cc21. The van der Waals surface area contributed by atoms with Gasteiger partial charge in [0.05, 0.1) is 5.69 Å². The Bertz CT molecular complexity index is 3150. The maximum absolute atomic E-state index is 6.52. The maximum Gasteiger partial charge on any atom is 0.159 e. The van der Waals surface area contributed by atoms with Gasteiger partial charge in [-0.2, -0.15) is 0 Å². The van der Waals surface area contributed by atoms with Gasteiger partial charge in [-0.05, 0) is 117 Å². The lowest BCUT2D eigenvalue weighted by Gasteiger charge is -2.28. The summed E-state index contributed by atoms with van der Waals surface area (Å²) in [6, 6.07) is 78.4. The van der Waals surface area contributed by atoms with E-state index in [0.717, 1.165) is 67.2 Å². The second kappa shape index (κ2) is 14.3. The van der Waals surface area contributed by atoms with E-state index >= 15 is 0 Å². The standard InChI is InChI=1S/C57H42N2O/c1-57(2)52-21-11-9-18-48(52)49-37-36-47(38-53(49)57)58(44-30-24-40(25-31-44)39-14-5-3-6-15-39)45-32-26-41(27-33-45)42-28-34-46(35-29-42)59(43-16-7-4-8-17-43)54-22-13-20-51-50-19-10-12-23-55(50)60-56(51)54/h3-38H,1-2H3. The summed E-state index contributed by atoms with van der Waals surface area (Å²) in [6.07, 6.45) is 0. The van der Waals surface area contributed by atoms with Crippen molar-refractivity contribution >= 4 is 56.1 Å². The van der Waals surface area contributed by atoms with Crippen LogP contribution in [0.5, 0.6) is 0 Å². The van der Waals surface area contributed by atoms with Gasteiger partial charge in [0, 0.05) is 44.6 Å². The molecule has 286 valence electrons. The van der Waals surface area contributed by atoms with Crippen LogP contribution in [0.25, 0.3) is 55.3 Å². The van der Waals surface area contributed by atoms with Crippen LogP contribution in [0.4, 0.5) is 34.1 Å². The molecule has 3 heteroatoms. The van der Waals surface area contributed by atoms with E-state index in [1.807, 2.05) is 12.1 Å². The molecular weight excluding hydrogens is 729 g/mol. The van der Waals surface area contributed by atoms with E-state index in [9.17, 15) is 0 Å². The minimum atomic E-state index is -0.102. The van der Waals surface area contributed by atoms with E-state index < -0.39 is 0 Å². The van der Waals surface area contributed by atoms with Crippen LogP contribution in [0.1, 0.15) is 25.0 Å². The molecule has 1 aliphatic carbocycles. The number of rotatable bonds is 8. The first-order valence-corrected chi connectivity index (χ1v) is 20.7. The molecule has 1 heterocycles. The lowest BCUT2D eigenvalue weighted by Crippen LogP contribution is -2.16. The molecule has 0 saturated carbocycles. The Hall–Kier alpha value is -7.62. The van der Waals surface area contributed by atoms with E-state index in [1.54, 1.807) is 0 Å². The first-order chi connectivity index (χ1) is 29.5. The fraction of sp³-hybridized carbons (Fsp3) is 0.0526. The predicted molar refractivity (Wildman–Crippen MR) is 252 cm³/mol. The van der Waals surface area contributed by atoms with Gasteiger partial charge in [0.2, 0.25) is 0 Å². The van der Waals surface area contributed by atoms with Gasteiger partial charge in [0.15, 0.2) is 5.58 Å². The van der Waals surface area contributed by atoms with Crippen LogP contribution in [-0.2, 0) is 5.41 Å². The van der Waals surface area contributed by atoms with Gasteiger partial charge in [0.1, 0.15) is 5.58 Å². The maximum atomic E-state index is 6.52. The zero-order valence-corrected chi connectivity index (χ0v) is 33.6. The van der Waals surface area contributed by atoms with E-state index in [0.29, 0.717) is 0 Å². The van der Waals surface area contributed by atoms with Crippen LogP contribution >= 0.6 is 0 Å². The van der Waals surface area contributed by atoms with Gasteiger partial charge in [-0.1, -0.05) is 159 Å². The summed E-state index contributed by atoms with van der Waals surface area (Å²) in [7, 11) is 0. The van der Waals surface area contributed by atoms with E-state index in [1.165, 1.54) is 33.4 Å². The Balaban J connectivity index is 0.958. The molecule has 1 aromatic heterocycles. The van der Waals surface area contributed by atoms with Crippen molar-refractivity contribution in [1.29, 1.82) is 0 Å². The molecule has 0 unspecified atom stereocenters. The molecule has 0 amide bonds. The molecule has 0 radical (unpaired) electrons. The molecule has 9 aromatic carbocycles. The molecule has 0 fully saturated rings. The minimum Gasteiger partial charge on any atom is -0.454 e. The van der Waals surface area contributed by atoms with Crippen molar-refractivity contribution in [3.8, 4) is 33.4 Å². The van der Waals surface area contributed by atoms with E-state index in [2.05, 4.69) is 230 Å². The topological polar surface area (TPSA) is 19.6 Å². The molecule has 60 heavy (non-hydrogen) atoms. The highest BCUT2D eigenvalue weighted by atomic mass is 16.3. The Kier molecular flexibility index (Phi) is 8.49. The number of fused-ring (bicyclic) bond motifs is 6. The molecule has 0 aliphatic heterocycles. The molecule has 0 atom stereocenters. The third-order valence-electron chi connectivity index (χ3n) is 12.3. The van der Waals surface area contributed by atoms with Crippen molar-refractivity contribution in [2.45, 2.75) is 19.3 Å². The molecule has 0 N–H and O–H groups in total. The molecular formula is C57H42N2O. The van der Waals surface area contributed by atoms with Crippen LogP contribution < -0.4 is 9.80 Å². The summed E-state index contributed by atoms with van der Waals surface area (Å²) in [5.74, 6) is 0. The van der Waals surface area contributed by atoms with Gasteiger partial charge < -0.3 is 14.2 Å². The number of furan rings is 1. The van der Waals surface area contributed by atoms with Gasteiger partial charge in [-0.15, -0.1) is 0 Å². The van der Waals surface area contributed by atoms with Crippen LogP contribution in [0, 0.1) is 0 Å². The van der Waals surface area contributed by atoms with Crippen molar-refractivity contribution in [1.82, 2.24) is 0 Å². The number of nitrogens with zero attached hydrogens (tertiary/aromatic N) is 2. The monoisotopic (exact) mass is 770 g/mol. The molecule has 10 aromatic rings. The Morgan fingerprint density at radius 3 is 1.50 bits per heavy atom. The van der Waals surface area contributed by atoms with Crippen LogP contribution in [0.15, 0.2) is 223 Å². The van der Waals surface area contributed by atoms with Crippen molar-refractivity contribution in [3.05, 3.63) is 230 Å². The highest BCUT2D eigenvalue weighted by molar-refractivity contribution is 6.10. The third kappa shape index (κ3) is 5.98. The fourth-order valence-corrected chi connectivity index (χ4v) is 9.23. The van der Waals surface area contributed by atoms with Gasteiger partial charge in [-0.3, -0.25) is 0 Å². The normalized spacial score (nSPS) is 12.6. The lowest BCUT2D eigenvalue weighted by atomic mass is 9.82. The number of hydrogen-bond acceptors (Lipinski definition) is 3. The van der Waals surface area contributed by atoms with E-state index in [-0.39, 0.29) is 5.41 Å². The lowest BCUT2D eigenvalue weighted by molar-refractivity contribution is 0.660. The highest BCUT2D eigenvalue weighted by Crippen LogP contribution is 2.51. The number of para-hydroxylation sites is 3. The summed E-state index contributed by atoms with van der Waals surface area (Å²) in [4.78, 5) is 4.67. The average Bonchev–Trinajstić information content (AvgIpc) is 3.80. The first kappa shape index (κ1) is 35.5.